The van der Waals surface area contributed by atoms with Crippen molar-refractivity contribution < 1.29 is 17.2 Å². The molecule has 0 unspecified atom stereocenters. The summed E-state index contributed by atoms with van der Waals surface area (Å²) in [6.07, 6.45) is 0. The van der Waals surface area contributed by atoms with Gasteiger partial charge in [0.15, 0.2) is 0 Å². The first-order valence-electron chi connectivity index (χ1n) is 5.43. The van der Waals surface area contributed by atoms with Gasteiger partial charge in [0.2, 0.25) is 0 Å². The van der Waals surface area contributed by atoms with E-state index in [0.29, 0.717) is 0 Å². The standard InChI is InChI=1S/C12H8BrClF2N2O2S/c13-6-4-9(16)10(17)5-11(6)21(19,20)18-12-7(14)2-1-3-8(12)15/h1-5,18H,17H2. The Hall–Kier alpha value is -1.38. The first-order chi connectivity index (χ1) is 9.72. The van der Waals surface area contributed by atoms with Crippen LogP contribution in [0.4, 0.5) is 20.2 Å². The van der Waals surface area contributed by atoms with Gasteiger partial charge in [0.25, 0.3) is 10.0 Å². The van der Waals surface area contributed by atoms with Crippen LogP contribution in [0.5, 0.6) is 0 Å². The monoisotopic (exact) mass is 396 g/mol. The zero-order valence-corrected chi connectivity index (χ0v) is 13.4. The van der Waals surface area contributed by atoms with Crippen LogP contribution < -0.4 is 10.5 Å². The molecule has 2 aromatic carbocycles. The van der Waals surface area contributed by atoms with Crippen LogP contribution in [0.25, 0.3) is 0 Å². The number of halogens is 4. The molecule has 0 radical (unpaired) electrons. The van der Waals surface area contributed by atoms with Crippen molar-refractivity contribution >= 4 is 48.9 Å². The predicted octanol–water partition coefficient (Wildman–Crippen LogP) is 3.76. The molecule has 0 aliphatic heterocycles. The second kappa shape index (κ2) is 5.78. The molecule has 112 valence electrons. The van der Waals surface area contributed by atoms with E-state index < -0.39 is 27.3 Å². The van der Waals surface area contributed by atoms with Crippen molar-refractivity contribution in [3.63, 3.8) is 0 Å². The first-order valence-corrected chi connectivity index (χ1v) is 8.09. The molecule has 4 nitrogen and oxygen atoms in total. The summed E-state index contributed by atoms with van der Waals surface area (Å²) in [5.41, 5.74) is 4.61. The fraction of sp³-hybridized carbons (Fsp3) is 0. The summed E-state index contributed by atoms with van der Waals surface area (Å²) >= 11 is 8.68. The third kappa shape index (κ3) is 3.28. The van der Waals surface area contributed by atoms with E-state index in [0.717, 1.165) is 18.2 Å². The van der Waals surface area contributed by atoms with E-state index in [2.05, 4.69) is 15.9 Å². The lowest BCUT2D eigenvalue weighted by Crippen LogP contribution is -2.15. The largest absolute Gasteiger partial charge is 0.396 e. The summed E-state index contributed by atoms with van der Waals surface area (Å²) in [4.78, 5) is -0.333. The van der Waals surface area contributed by atoms with Gasteiger partial charge < -0.3 is 5.73 Å². The van der Waals surface area contributed by atoms with E-state index in [1.807, 2.05) is 4.72 Å². The highest BCUT2D eigenvalue weighted by Gasteiger charge is 2.22. The SMILES string of the molecule is Nc1cc(S(=O)(=O)Nc2c(F)cccc2Cl)c(Br)cc1F. The molecule has 0 bridgehead atoms. The van der Waals surface area contributed by atoms with Crippen molar-refractivity contribution in [3.05, 3.63) is 51.5 Å². The molecule has 2 rings (SSSR count). The van der Waals surface area contributed by atoms with Crippen LogP contribution in [0.2, 0.25) is 5.02 Å². The Bertz CT molecular complexity index is 795. The second-order valence-corrected chi connectivity index (χ2v) is 6.92. The number of hydrogen-bond donors (Lipinski definition) is 2. The Kier molecular flexibility index (Phi) is 4.40. The lowest BCUT2D eigenvalue weighted by atomic mass is 10.3. The molecule has 3 N–H and O–H groups in total. The third-order valence-electron chi connectivity index (χ3n) is 2.54. The minimum atomic E-state index is -4.20. The zero-order chi connectivity index (χ0) is 15.8. The molecule has 9 heteroatoms. The molecule has 0 fully saturated rings. The normalized spacial score (nSPS) is 11.4. The van der Waals surface area contributed by atoms with Gasteiger partial charge in [-0.3, -0.25) is 4.72 Å². The van der Waals surface area contributed by atoms with Gasteiger partial charge in [-0.15, -0.1) is 0 Å². The van der Waals surface area contributed by atoms with Crippen molar-refractivity contribution in [1.29, 1.82) is 0 Å². The summed E-state index contributed by atoms with van der Waals surface area (Å²) in [5.74, 6) is -1.61. The molecule has 0 aliphatic carbocycles. The number of benzene rings is 2. The van der Waals surface area contributed by atoms with E-state index >= 15 is 0 Å². The Morgan fingerprint density at radius 1 is 1.19 bits per heavy atom. The van der Waals surface area contributed by atoms with Crippen molar-refractivity contribution in [1.82, 2.24) is 0 Å². The number of hydrogen-bond acceptors (Lipinski definition) is 3. The van der Waals surface area contributed by atoms with E-state index in [-0.39, 0.29) is 20.1 Å². The van der Waals surface area contributed by atoms with Crippen molar-refractivity contribution in [3.8, 4) is 0 Å². The van der Waals surface area contributed by atoms with Crippen LogP contribution in [0, 0.1) is 11.6 Å². The summed E-state index contributed by atoms with van der Waals surface area (Å²) in [6.45, 7) is 0. The number of nitrogens with one attached hydrogen (secondary N) is 1. The number of para-hydroxylation sites is 1. The lowest BCUT2D eigenvalue weighted by molar-refractivity contribution is 0.597. The number of nitrogens with two attached hydrogens (primary N) is 1. The Balaban J connectivity index is 2.51. The summed E-state index contributed by atoms with van der Waals surface area (Å²) in [6, 6.07) is 5.55. The number of nitrogen functional groups attached to an aromatic ring is 1. The zero-order valence-electron chi connectivity index (χ0n) is 10.2. The van der Waals surface area contributed by atoms with Gasteiger partial charge in [-0.2, -0.15) is 0 Å². The van der Waals surface area contributed by atoms with Gasteiger partial charge in [0.1, 0.15) is 22.2 Å². The maximum atomic E-state index is 13.6. The maximum absolute atomic E-state index is 13.6. The quantitative estimate of drug-likeness (QED) is 0.775. The van der Waals surface area contributed by atoms with E-state index in [9.17, 15) is 17.2 Å². The smallest absolute Gasteiger partial charge is 0.263 e. The molecule has 0 saturated carbocycles. The van der Waals surface area contributed by atoms with E-state index in [1.165, 1.54) is 12.1 Å². The fourth-order valence-electron chi connectivity index (χ4n) is 1.54. The highest BCUT2D eigenvalue weighted by Crippen LogP contribution is 2.31. The first kappa shape index (κ1) is 16.0. The molecule has 0 amide bonds. The predicted molar refractivity (Wildman–Crippen MR) is 80.7 cm³/mol. The van der Waals surface area contributed by atoms with Crippen LogP contribution in [-0.4, -0.2) is 8.42 Å². The van der Waals surface area contributed by atoms with Crippen LogP contribution in [-0.2, 0) is 10.0 Å². The summed E-state index contributed by atoms with van der Waals surface area (Å²) in [5, 5.41) is -0.107. The molecule has 0 saturated heterocycles. The summed E-state index contributed by atoms with van der Waals surface area (Å²) in [7, 11) is -4.20. The molecule has 0 heterocycles. The average Bonchev–Trinajstić information content (AvgIpc) is 2.38. The molecule has 0 aliphatic rings. The fourth-order valence-corrected chi connectivity index (χ4v) is 3.94. The Morgan fingerprint density at radius 2 is 1.86 bits per heavy atom. The minimum absolute atomic E-state index is 0.0471. The van der Waals surface area contributed by atoms with Gasteiger partial charge in [-0.25, -0.2) is 17.2 Å². The van der Waals surface area contributed by atoms with E-state index in [4.69, 9.17) is 17.3 Å². The molecular formula is C12H8BrClF2N2O2S. The molecule has 0 spiro atoms. The highest BCUT2D eigenvalue weighted by atomic mass is 79.9. The van der Waals surface area contributed by atoms with Gasteiger partial charge >= 0.3 is 0 Å². The van der Waals surface area contributed by atoms with Crippen LogP contribution in [0.3, 0.4) is 0 Å². The van der Waals surface area contributed by atoms with Gasteiger partial charge in [-0.05, 0) is 40.2 Å². The van der Waals surface area contributed by atoms with Crippen LogP contribution in [0.1, 0.15) is 0 Å². The van der Waals surface area contributed by atoms with Gasteiger partial charge in [0, 0.05) is 4.47 Å². The Morgan fingerprint density at radius 3 is 2.48 bits per heavy atom. The number of anilines is 2. The van der Waals surface area contributed by atoms with E-state index in [1.54, 1.807) is 0 Å². The lowest BCUT2D eigenvalue weighted by Gasteiger charge is -2.12. The summed E-state index contributed by atoms with van der Waals surface area (Å²) < 4.78 is 53.3. The van der Waals surface area contributed by atoms with Crippen molar-refractivity contribution in [2.24, 2.45) is 0 Å². The second-order valence-electron chi connectivity index (χ2n) is 4.01. The van der Waals surface area contributed by atoms with Crippen LogP contribution >= 0.6 is 27.5 Å². The van der Waals surface area contributed by atoms with Crippen LogP contribution in [0.15, 0.2) is 39.7 Å². The van der Waals surface area contributed by atoms with Crippen molar-refractivity contribution in [2.45, 2.75) is 4.90 Å². The topological polar surface area (TPSA) is 72.2 Å². The molecule has 0 aromatic heterocycles. The molecular weight excluding hydrogens is 390 g/mol. The molecule has 2 aromatic rings. The Labute approximate surface area is 133 Å². The number of sulfonamides is 1. The third-order valence-corrected chi connectivity index (χ3v) is 5.16. The minimum Gasteiger partial charge on any atom is -0.396 e. The molecule has 0 atom stereocenters. The van der Waals surface area contributed by atoms with Gasteiger partial charge in [-0.1, -0.05) is 17.7 Å². The maximum Gasteiger partial charge on any atom is 0.263 e. The highest BCUT2D eigenvalue weighted by molar-refractivity contribution is 9.10. The van der Waals surface area contributed by atoms with Gasteiger partial charge in [0.05, 0.1) is 10.7 Å². The molecule has 21 heavy (non-hydrogen) atoms. The number of rotatable bonds is 3. The van der Waals surface area contributed by atoms with Crippen molar-refractivity contribution in [2.75, 3.05) is 10.5 Å². The average molecular weight is 398 g/mol.